The summed E-state index contributed by atoms with van der Waals surface area (Å²) in [5.74, 6) is 0.400. The second-order valence-corrected chi connectivity index (χ2v) is 8.12. The molecule has 1 heterocycles. The zero-order valence-corrected chi connectivity index (χ0v) is 16.1. The predicted octanol–water partition coefficient (Wildman–Crippen LogP) is 6.12. The Morgan fingerprint density at radius 2 is 1.22 bits per heavy atom. The standard InChI is InChI=1S/C25H27FN/c1-19(2)24-25(22-13-15-23(26)16-14-22)27(24,17-20-9-5-3-6-10-20)18-21-11-7-4-8-12-21/h3-16,19,24-25H,17-18H2,1-2H3/q+1/t24-,25-/m0/s1. The van der Waals surface area contributed by atoms with E-state index in [1.54, 1.807) is 12.1 Å². The molecule has 2 heteroatoms. The molecule has 3 aromatic carbocycles. The minimum atomic E-state index is -0.162. The van der Waals surface area contributed by atoms with Crippen molar-refractivity contribution in [2.24, 2.45) is 5.92 Å². The highest BCUT2D eigenvalue weighted by Gasteiger charge is 2.67. The van der Waals surface area contributed by atoms with Crippen LogP contribution in [0.15, 0.2) is 84.9 Å². The summed E-state index contributed by atoms with van der Waals surface area (Å²) in [4.78, 5) is 0. The predicted molar refractivity (Wildman–Crippen MR) is 108 cm³/mol. The zero-order chi connectivity index (χ0) is 18.9. The van der Waals surface area contributed by atoms with E-state index in [2.05, 4.69) is 74.5 Å². The molecule has 27 heavy (non-hydrogen) atoms. The van der Waals surface area contributed by atoms with Crippen molar-refractivity contribution in [3.8, 4) is 0 Å². The molecule has 0 aromatic heterocycles. The van der Waals surface area contributed by atoms with E-state index in [0.717, 1.165) is 17.6 Å². The molecule has 138 valence electrons. The van der Waals surface area contributed by atoms with Crippen molar-refractivity contribution < 1.29 is 8.87 Å². The molecule has 0 saturated carbocycles. The number of halogens is 1. The third kappa shape index (κ3) is 3.54. The Hall–Kier alpha value is -2.45. The molecule has 0 spiro atoms. The summed E-state index contributed by atoms with van der Waals surface area (Å²) in [6.45, 7) is 6.63. The number of quaternary nitrogens is 1. The molecule has 0 radical (unpaired) electrons. The highest BCUT2D eigenvalue weighted by atomic mass is 19.1. The lowest BCUT2D eigenvalue weighted by Crippen LogP contribution is -2.30. The van der Waals surface area contributed by atoms with Gasteiger partial charge < -0.3 is 0 Å². The van der Waals surface area contributed by atoms with Gasteiger partial charge in [0.1, 0.15) is 24.9 Å². The van der Waals surface area contributed by atoms with Crippen molar-refractivity contribution in [1.29, 1.82) is 0 Å². The molecule has 0 N–H and O–H groups in total. The highest BCUT2D eigenvalue weighted by molar-refractivity contribution is 5.25. The first-order chi connectivity index (χ1) is 13.1. The quantitative estimate of drug-likeness (QED) is 0.367. The van der Waals surface area contributed by atoms with Crippen LogP contribution in [-0.4, -0.2) is 10.5 Å². The monoisotopic (exact) mass is 360 g/mol. The Labute approximate surface area is 161 Å². The number of hydrogen-bond acceptors (Lipinski definition) is 0. The number of nitrogens with zero attached hydrogens (tertiary/aromatic N) is 1. The Bertz CT molecular complexity index is 830. The minimum absolute atomic E-state index is 0.162. The molecule has 4 rings (SSSR count). The summed E-state index contributed by atoms with van der Waals surface area (Å²) in [7, 11) is 0. The first-order valence-corrected chi connectivity index (χ1v) is 9.80. The molecule has 1 aliphatic rings. The average Bonchev–Trinajstić information content (AvgIpc) is 3.31. The molecule has 0 bridgehead atoms. The fraction of sp³-hybridized carbons (Fsp3) is 0.280. The molecule has 1 nitrogen and oxygen atoms in total. The van der Waals surface area contributed by atoms with Gasteiger partial charge in [-0.2, -0.15) is 0 Å². The van der Waals surface area contributed by atoms with Crippen molar-refractivity contribution in [3.05, 3.63) is 107 Å². The van der Waals surface area contributed by atoms with Crippen LogP contribution in [0.25, 0.3) is 0 Å². The third-order valence-electron chi connectivity index (χ3n) is 5.92. The molecule has 1 aliphatic heterocycles. The molecule has 0 amide bonds. The van der Waals surface area contributed by atoms with E-state index in [0.29, 0.717) is 18.0 Å². The van der Waals surface area contributed by atoms with Crippen LogP contribution in [0, 0.1) is 11.7 Å². The number of rotatable bonds is 6. The number of hydrogen-bond donors (Lipinski definition) is 0. The van der Waals surface area contributed by atoms with Gasteiger partial charge >= 0.3 is 0 Å². The van der Waals surface area contributed by atoms with E-state index in [4.69, 9.17) is 0 Å². The highest BCUT2D eigenvalue weighted by Crippen LogP contribution is 2.58. The van der Waals surface area contributed by atoms with E-state index < -0.39 is 0 Å². The van der Waals surface area contributed by atoms with Crippen molar-refractivity contribution in [2.45, 2.75) is 39.0 Å². The van der Waals surface area contributed by atoms with Gasteiger partial charge in [0.25, 0.3) is 0 Å². The molecule has 2 atom stereocenters. The molecular formula is C25H27FN+. The van der Waals surface area contributed by atoms with Crippen molar-refractivity contribution in [2.75, 3.05) is 0 Å². The Morgan fingerprint density at radius 3 is 1.67 bits per heavy atom. The van der Waals surface area contributed by atoms with Crippen LogP contribution >= 0.6 is 0 Å². The van der Waals surface area contributed by atoms with Gasteiger partial charge in [-0.25, -0.2) is 4.39 Å². The van der Waals surface area contributed by atoms with Crippen LogP contribution < -0.4 is 0 Å². The van der Waals surface area contributed by atoms with E-state index >= 15 is 0 Å². The summed E-state index contributed by atoms with van der Waals surface area (Å²) >= 11 is 0. The van der Waals surface area contributed by atoms with Gasteiger partial charge in [-0.1, -0.05) is 74.5 Å². The van der Waals surface area contributed by atoms with Gasteiger partial charge in [-0.3, -0.25) is 4.48 Å². The fourth-order valence-electron chi connectivity index (χ4n) is 4.88. The van der Waals surface area contributed by atoms with Crippen LogP contribution in [0.4, 0.5) is 4.39 Å². The van der Waals surface area contributed by atoms with Gasteiger partial charge in [-0.05, 0) is 24.3 Å². The van der Waals surface area contributed by atoms with Gasteiger partial charge in [0, 0.05) is 22.6 Å². The summed E-state index contributed by atoms with van der Waals surface area (Å²) in [6, 6.07) is 29.6. The largest absolute Gasteiger partial charge is 0.297 e. The third-order valence-corrected chi connectivity index (χ3v) is 5.92. The van der Waals surface area contributed by atoms with Gasteiger partial charge in [0.2, 0.25) is 0 Å². The van der Waals surface area contributed by atoms with Crippen LogP contribution in [0.2, 0.25) is 0 Å². The van der Waals surface area contributed by atoms with Crippen molar-refractivity contribution in [1.82, 2.24) is 0 Å². The Kier molecular flexibility index (Phi) is 4.84. The summed E-state index contributed by atoms with van der Waals surface area (Å²) in [6.07, 6.45) is 0. The number of benzene rings is 3. The van der Waals surface area contributed by atoms with Crippen LogP contribution in [-0.2, 0) is 13.1 Å². The maximum atomic E-state index is 13.5. The summed E-state index contributed by atoms with van der Waals surface area (Å²) in [5, 5.41) is 0. The SMILES string of the molecule is CC(C)[C@H]1[C@H](c2ccc(F)cc2)[N+]1(Cc1ccccc1)Cc1ccccc1. The molecular weight excluding hydrogens is 333 g/mol. The molecule has 0 aliphatic carbocycles. The normalized spacial score (nSPS) is 20.6. The fourth-order valence-corrected chi connectivity index (χ4v) is 4.88. The lowest BCUT2D eigenvalue weighted by molar-refractivity contribution is -0.859. The van der Waals surface area contributed by atoms with Gasteiger partial charge in [-0.15, -0.1) is 0 Å². The minimum Gasteiger partial charge on any atom is -0.297 e. The van der Waals surface area contributed by atoms with Crippen molar-refractivity contribution >= 4 is 0 Å². The Morgan fingerprint density at radius 1 is 0.741 bits per heavy atom. The zero-order valence-electron chi connectivity index (χ0n) is 16.1. The Balaban J connectivity index is 1.74. The van der Waals surface area contributed by atoms with Crippen LogP contribution in [0.1, 0.15) is 36.6 Å². The van der Waals surface area contributed by atoms with E-state index in [1.807, 2.05) is 12.1 Å². The average molecular weight is 360 g/mol. The second-order valence-electron chi connectivity index (χ2n) is 8.12. The summed E-state index contributed by atoms with van der Waals surface area (Å²) in [5.41, 5.74) is 3.98. The molecule has 3 aromatic rings. The van der Waals surface area contributed by atoms with E-state index in [-0.39, 0.29) is 5.82 Å². The first kappa shape index (κ1) is 17.9. The molecule has 1 saturated heterocycles. The molecule has 1 fully saturated rings. The van der Waals surface area contributed by atoms with Crippen LogP contribution in [0.5, 0.6) is 0 Å². The van der Waals surface area contributed by atoms with E-state index in [9.17, 15) is 4.39 Å². The van der Waals surface area contributed by atoms with E-state index in [1.165, 1.54) is 16.7 Å². The summed E-state index contributed by atoms with van der Waals surface area (Å²) < 4.78 is 14.5. The maximum absolute atomic E-state index is 13.5. The first-order valence-electron chi connectivity index (χ1n) is 9.80. The maximum Gasteiger partial charge on any atom is 0.168 e. The second kappa shape index (κ2) is 7.28. The van der Waals surface area contributed by atoms with Crippen molar-refractivity contribution in [3.63, 3.8) is 0 Å². The topological polar surface area (TPSA) is 0 Å². The molecule has 0 unspecified atom stereocenters. The van der Waals surface area contributed by atoms with Gasteiger partial charge in [0.15, 0.2) is 6.04 Å². The van der Waals surface area contributed by atoms with Gasteiger partial charge in [0.05, 0.1) is 0 Å². The lowest BCUT2D eigenvalue weighted by Gasteiger charge is -2.24. The van der Waals surface area contributed by atoms with Crippen LogP contribution in [0.3, 0.4) is 0 Å². The smallest absolute Gasteiger partial charge is 0.168 e. The lowest BCUT2D eigenvalue weighted by atomic mass is 10.0.